The highest BCUT2D eigenvalue weighted by Gasteiger charge is 2.21. The molecule has 0 bridgehead atoms. The van der Waals surface area contributed by atoms with Crippen molar-refractivity contribution in [2.45, 2.75) is 26.7 Å². The van der Waals surface area contributed by atoms with Crippen LogP contribution in [0.1, 0.15) is 33.9 Å². The lowest BCUT2D eigenvalue weighted by molar-refractivity contribution is -0.118. The van der Waals surface area contributed by atoms with E-state index in [1.807, 2.05) is 25.1 Å². The van der Waals surface area contributed by atoms with Gasteiger partial charge in [0.25, 0.3) is 5.91 Å². The molecular formula is C17H18N2O3. The molecule has 0 aliphatic carbocycles. The second kappa shape index (κ2) is 5.33. The van der Waals surface area contributed by atoms with Crippen LogP contribution in [0.15, 0.2) is 28.7 Å². The first-order valence-electron chi connectivity index (χ1n) is 7.23. The molecule has 1 aliphatic heterocycles. The van der Waals surface area contributed by atoms with Crippen LogP contribution in [0.2, 0.25) is 0 Å². The summed E-state index contributed by atoms with van der Waals surface area (Å²) in [5.41, 5.74) is 3.25. The van der Waals surface area contributed by atoms with Gasteiger partial charge < -0.3 is 14.6 Å². The fraction of sp³-hybridized carbons (Fsp3) is 0.294. The third-order valence-corrected chi connectivity index (χ3v) is 3.97. The minimum absolute atomic E-state index is 0.119. The molecule has 0 spiro atoms. The minimum Gasteiger partial charge on any atom is -0.466 e. The molecule has 0 saturated heterocycles. The van der Waals surface area contributed by atoms with E-state index in [-0.39, 0.29) is 11.8 Å². The third kappa shape index (κ3) is 2.50. The fourth-order valence-electron chi connectivity index (χ4n) is 2.79. The van der Waals surface area contributed by atoms with Crippen molar-refractivity contribution in [2.24, 2.45) is 0 Å². The lowest BCUT2D eigenvalue weighted by Crippen LogP contribution is -2.31. The first kappa shape index (κ1) is 14.4. The molecule has 5 nitrogen and oxygen atoms in total. The Morgan fingerprint density at radius 3 is 2.68 bits per heavy atom. The van der Waals surface area contributed by atoms with Crippen LogP contribution in [-0.2, 0) is 11.2 Å². The highest BCUT2D eigenvalue weighted by molar-refractivity contribution is 6.05. The number of aryl methyl sites for hydroxylation is 3. The molecule has 2 heterocycles. The predicted octanol–water partition coefficient (Wildman–Crippen LogP) is 3.06. The number of carbonyl (C=O) groups excluding carboxylic acids is 2. The normalized spacial score (nSPS) is 14.0. The number of hydrogen-bond acceptors (Lipinski definition) is 3. The maximum absolute atomic E-state index is 12.3. The van der Waals surface area contributed by atoms with Gasteiger partial charge >= 0.3 is 0 Å². The first-order chi connectivity index (χ1) is 10.5. The molecule has 1 aromatic carbocycles. The summed E-state index contributed by atoms with van der Waals surface area (Å²) in [5, 5.41) is 2.89. The van der Waals surface area contributed by atoms with Gasteiger partial charge in [-0.15, -0.1) is 0 Å². The third-order valence-electron chi connectivity index (χ3n) is 3.97. The van der Waals surface area contributed by atoms with Gasteiger partial charge in [-0.1, -0.05) is 0 Å². The Morgan fingerprint density at radius 1 is 1.23 bits per heavy atom. The molecule has 1 aliphatic rings. The van der Waals surface area contributed by atoms with Crippen LogP contribution in [0.4, 0.5) is 11.4 Å². The van der Waals surface area contributed by atoms with Crippen molar-refractivity contribution in [3.05, 3.63) is 46.9 Å². The molecule has 0 saturated carbocycles. The summed E-state index contributed by atoms with van der Waals surface area (Å²) in [6.07, 6.45) is 1.20. The second-order valence-corrected chi connectivity index (χ2v) is 5.58. The second-order valence-electron chi connectivity index (χ2n) is 5.58. The van der Waals surface area contributed by atoms with E-state index in [4.69, 9.17) is 4.42 Å². The van der Waals surface area contributed by atoms with Crippen molar-refractivity contribution >= 4 is 23.2 Å². The van der Waals surface area contributed by atoms with Crippen molar-refractivity contribution in [3.8, 4) is 0 Å². The highest BCUT2D eigenvalue weighted by Crippen LogP contribution is 2.29. The molecule has 2 amide bonds. The van der Waals surface area contributed by atoms with E-state index in [1.165, 1.54) is 0 Å². The number of furan rings is 1. The van der Waals surface area contributed by atoms with E-state index in [1.54, 1.807) is 24.9 Å². The topological polar surface area (TPSA) is 62.6 Å². The van der Waals surface area contributed by atoms with E-state index in [9.17, 15) is 9.59 Å². The largest absolute Gasteiger partial charge is 0.466 e. The average molecular weight is 298 g/mol. The van der Waals surface area contributed by atoms with Gasteiger partial charge in [-0.3, -0.25) is 9.59 Å². The Labute approximate surface area is 128 Å². The maximum atomic E-state index is 12.3. The number of carbonyl (C=O) groups is 2. The van der Waals surface area contributed by atoms with Crippen LogP contribution in [0, 0.1) is 13.8 Å². The zero-order chi connectivity index (χ0) is 15.9. The summed E-state index contributed by atoms with van der Waals surface area (Å²) < 4.78 is 5.38. The van der Waals surface area contributed by atoms with Gasteiger partial charge in [0.15, 0.2) is 0 Å². The maximum Gasteiger partial charge on any atom is 0.259 e. The molecule has 1 aromatic heterocycles. The summed E-state index contributed by atoms with van der Waals surface area (Å²) in [7, 11) is 1.77. The summed E-state index contributed by atoms with van der Waals surface area (Å²) in [4.78, 5) is 25.6. The van der Waals surface area contributed by atoms with Gasteiger partial charge in [-0.05, 0) is 50.1 Å². The Bertz CT molecular complexity index is 761. The molecule has 0 unspecified atom stereocenters. The first-order valence-corrected chi connectivity index (χ1v) is 7.23. The molecule has 0 fully saturated rings. The van der Waals surface area contributed by atoms with E-state index in [2.05, 4.69) is 5.32 Å². The van der Waals surface area contributed by atoms with E-state index in [0.717, 1.165) is 16.9 Å². The standard InChI is InChI=1S/C17H18N2O3/c1-10-8-14(11(2)22-10)17(21)18-13-5-6-15-12(9-13)4-7-16(20)19(15)3/h5-6,8-9H,4,7H2,1-3H3,(H,18,21). The Hall–Kier alpha value is -2.56. The molecule has 0 radical (unpaired) electrons. The number of fused-ring (bicyclic) bond motifs is 1. The van der Waals surface area contributed by atoms with Gasteiger partial charge in [0, 0.05) is 24.8 Å². The smallest absolute Gasteiger partial charge is 0.259 e. The minimum atomic E-state index is -0.186. The average Bonchev–Trinajstić information content (AvgIpc) is 2.82. The summed E-state index contributed by atoms with van der Waals surface area (Å²) in [6.45, 7) is 3.59. The number of hydrogen-bond donors (Lipinski definition) is 1. The van der Waals surface area contributed by atoms with Gasteiger partial charge in [0.05, 0.1) is 5.56 Å². The van der Waals surface area contributed by atoms with Crippen LogP contribution in [0.25, 0.3) is 0 Å². The number of anilines is 2. The molecule has 2 aromatic rings. The lowest BCUT2D eigenvalue weighted by atomic mass is 10.0. The summed E-state index contributed by atoms with van der Waals surface area (Å²) in [5.74, 6) is 1.26. The van der Waals surface area contributed by atoms with Gasteiger partial charge in [0.2, 0.25) is 5.91 Å². The molecule has 5 heteroatoms. The Morgan fingerprint density at radius 2 is 2.00 bits per heavy atom. The van der Waals surface area contributed by atoms with Crippen LogP contribution in [0.3, 0.4) is 0 Å². The van der Waals surface area contributed by atoms with E-state index >= 15 is 0 Å². The number of nitrogens with zero attached hydrogens (tertiary/aromatic N) is 1. The summed E-state index contributed by atoms with van der Waals surface area (Å²) >= 11 is 0. The zero-order valence-electron chi connectivity index (χ0n) is 12.9. The van der Waals surface area contributed by atoms with Crippen LogP contribution in [0.5, 0.6) is 0 Å². The predicted molar refractivity (Wildman–Crippen MR) is 84.3 cm³/mol. The Kier molecular flexibility index (Phi) is 3.48. The van der Waals surface area contributed by atoms with Crippen LogP contribution >= 0.6 is 0 Å². The van der Waals surface area contributed by atoms with Gasteiger partial charge in [-0.2, -0.15) is 0 Å². The fourth-order valence-corrected chi connectivity index (χ4v) is 2.79. The Balaban J connectivity index is 1.83. The molecule has 114 valence electrons. The lowest BCUT2D eigenvalue weighted by Gasteiger charge is -2.26. The zero-order valence-corrected chi connectivity index (χ0v) is 12.9. The highest BCUT2D eigenvalue weighted by atomic mass is 16.3. The molecule has 22 heavy (non-hydrogen) atoms. The number of rotatable bonds is 2. The van der Waals surface area contributed by atoms with Crippen LogP contribution in [-0.4, -0.2) is 18.9 Å². The van der Waals surface area contributed by atoms with E-state index in [0.29, 0.717) is 29.9 Å². The van der Waals surface area contributed by atoms with Crippen molar-refractivity contribution in [1.29, 1.82) is 0 Å². The van der Waals surface area contributed by atoms with Gasteiger partial charge in [0.1, 0.15) is 11.5 Å². The van der Waals surface area contributed by atoms with Crippen molar-refractivity contribution in [1.82, 2.24) is 0 Å². The van der Waals surface area contributed by atoms with Crippen molar-refractivity contribution in [2.75, 3.05) is 17.3 Å². The number of amides is 2. The van der Waals surface area contributed by atoms with E-state index < -0.39 is 0 Å². The monoisotopic (exact) mass is 298 g/mol. The number of nitrogens with one attached hydrogen (secondary N) is 1. The van der Waals surface area contributed by atoms with Gasteiger partial charge in [-0.25, -0.2) is 0 Å². The van der Waals surface area contributed by atoms with Crippen LogP contribution < -0.4 is 10.2 Å². The molecule has 1 N–H and O–H groups in total. The molecule has 3 rings (SSSR count). The molecule has 0 atom stereocenters. The van der Waals surface area contributed by atoms with Crippen molar-refractivity contribution < 1.29 is 14.0 Å². The summed E-state index contributed by atoms with van der Waals surface area (Å²) in [6, 6.07) is 7.34. The van der Waals surface area contributed by atoms with Crippen molar-refractivity contribution in [3.63, 3.8) is 0 Å². The quantitative estimate of drug-likeness (QED) is 0.927. The molecular weight excluding hydrogens is 280 g/mol. The SMILES string of the molecule is Cc1cc(C(=O)Nc2ccc3c(c2)CCC(=O)N3C)c(C)o1. The number of benzene rings is 1.